The Kier molecular flexibility index (Phi) is 4.52. The zero-order valence-electron chi connectivity index (χ0n) is 10.8. The van der Waals surface area contributed by atoms with Crippen molar-refractivity contribution in [2.45, 2.75) is 10.8 Å². The van der Waals surface area contributed by atoms with Crippen LogP contribution in [0.4, 0.5) is 5.69 Å². The van der Waals surface area contributed by atoms with Gasteiger partial charge in [-0.2, -0.15) is 0 Å². The monoisotopic (exact) mass is 311 g/mol. The van der Waals surface area contributed by atoms with Crippen molar-refractivity contribution < 1.29 is 13.2 Å². The van der Waals surface area contributed by atoms with Crippen LogP contribution in [0.3, 0.4) is 0 Å². The summed E-state index contributed by atoms with van der Waals surface area (Å²) < 4.78 is 32.1. The van der Waals surface area contributed by atoms with E-state index >= 15 is 0 Å². The topological polar surface area (TPSA) is 55.4 Å². The molecule has 0 aliphatic rings. The first kappa shape index (κ1) is 14.7. The van der Waals surface area contributed by atoms with Crippen LogP contribution in [0.1, 0.15) is 5.56 Å². The van der Waals surface area contributed by atoms with E-state index in [-0.39, 0.29) is 10.8 Å². The molecule has 0 atom stereocenters. The summed E-state index contributed by atoms with van der Waals surface area (Å²) in [6, 6.07) is 13.2. The summed E-state index contributed by atoms with van der Waals surface area (Å²) in [7, 11) is -2.11. The van der Waals surface area contributed by atoms with Gasteiger partial charge in [-0.15, -0.1) is 11.6 Å². The third kappa shape index (κ3) is 3.23. The number of hydrogen-bond acceptors (Lipinski definition) is 3. The van der Waals surface area contributed by atoms with E-state index in [2.05, 4.69) is 4.72 Å². The predicted octanol–water partition coefficient (Wildman–Crippen LogP) is 3.23. The largest absolute Gasteiger partial charge is 0.497 e. The molecule has 0 aliphatic heterocycles. The Morgan fingerprint density at radius 1 is 1.10 bits per heavy atom. The van der Waals surface area contributed by atoms with Gasteiger partial charge in [-0.3, -0.25) is 4.72 Å². The van der Waals surface area contributed by atoms with E-state index < -0.39 is 10.0 Å². The lowest BCUT2D eigenvalue weighted by Crippen LogP contribution is -2.13. The minimum Gasteiger partial charge on any atom is -0.497 e. The lowest BCUT2D eigenvalue weighted by atomic mass is 10.2. The van der Waals surface area contributed by atoms with Crippen molar-refractivity contribution >= 4 is 27.3 Å². The number of ether oxygens (including phenoxy) is 1. The van der Waals surface area contributed by atoms with Crippen molar-refractivity contribution in [2.75, 3.05) is 11.8 Å². The summed E-state index contributed by atoms with van der Waals surface area (Å²) in [5, 5.41) is 0. The molecule has 0 aromatic heterocycles. The molecule has 0 saturated carbocycles. The van der Waals surface area contributed by atoms with E-state index in [0.29, 0.717) is 11.4 Å². The van der Waals surface area contributed by atoms with Crippen LogP contribution in [0.2, 0.25) is 0 Å². The minimum atomic E-state index is -3.64. The standard InChI is InChI=1S/C14H14ClNO3S/c1-19-12-6-8-13(9-7-12)20(17,18)16-14-5-3-2-4-11(14)10-15/h2-9,16H,10H2,1H3. The third-order valence-electron chi connectivity index (χ3n) is 2.78. The molecule has 2 rings (SSSR count). The van der Waals surface area contributed by atoms with Crippen molar-refractivity contribution in [2.24, 2.45) is 0 Å². The molecule has 0 radical (unpaired) electrons. The summed E-state index contributed by atoms with van der Waals surface area (Å²) in [6.45, 7) is 0. The fourth-order valence-electron chi connectivity index (χ4n) is 1.69. The van der Waals surface area contributed by atoms with Crippen LogP contribution >= 0.6 is 11.6 Å². The number of nitrogens with one attached hydrogen (secondary N) is 1. The van der Waals surface area contributed by atoms with Gasteiger partial charge in [-0.05, 0) is 35.9 Å². The Hall–Kier alpha value is -1.72. The van der Waals surface area contributed by atoms with Gasteiger partial charge in [0.05, 0.1) is 17.7 Å². The van der Waals surface area contributed by atoms with Crippen LogP contribution in [-0.4, -0.2) is 15.5 Å². The Labute approximate surface area is 123 Å². The summed E-state index contributed by atoms with van der Waals surface area (Å²) in [5.74, 6) is 0.839. The smallest absolute Gasteiger partial charge is 0.261 e. The molecule has 6 heteroatoms. The quantitative estimate of drug-likeness (QED) is 0.862. The van der Waals surface area contributed by atoms with Crippen LogP contribution < -0.4 is 9.46 Å². The highest BCUT2D eigenvalue weighted by Crippen LogP contribution is 2.22. The van der Waals surface area contributed by atoms with Crippen LogP contribution in [0.15, 0.2) is 53.4 Å². The highest BCUT2D eigenvalue weighted by molar-refractivity contribution is 7.92. The normalized spacial score (nSPS) is 11.1. The van der Waals surface area contributed by atoms with Crippen LogP contribution in [0, 0.1) is 0 Å². The Bertz CT molecular complexity index is 684. The van der Waals surface area contributed by atoms with Gasteiger partial charge < -0.3 is 4.74 Å². The molecule has 0 spiro atoms. The Morgan fingerprint density at radius 2 is 1.75 bits per heavy atom. The van der Waals surface area contributed by atoms with E-state index in [1.54, 1.807) is 30.3 Å². The second-order valence-electron chi connectivity index (χ2n) is 4.07. The molecule has 0 unspecified atom stereocenters. The first-order chi connectivity index (χ1) is 9.56. The maximum absolute atomic E-state index is 12.3. The molecule has 0 amide bonds. The average Bonchev–Trinajstić information content (AvgIpc) is 2.47. The van der Waals surface area contributed by atoms with Gasteiger partial charge in [-0.25, -0.2) is 8.42 Å². The molecule has 2 aromatic carbocycles. The van der Waals surface area contributed by atoms with Crippen molar-refractivity contribution in [3.05, 3.63) is 54.1 Å². The number of benzene rings is 2. The zero-order valence-corrected chi connectivity index (χ0v) is 12.4. The van der Waals surface area contributed by atoms with E-state index in [4.69, 9.17) is 16.3 Å². The molecule has 2 aromatic rings. The van der Waals surface area contributed by atoms with E-state index in [1.165, 1.54) is 19.2 Å². The number of alkyl halides is 1. The average molecular weight is 312 g/mol. The summed E-state index contributed by atoms with van der Waals surface area (Å²) in [6.07, 6.45) is 0. The summed E-state index contributed by atoms with van der Waals surface area (Å²) in [5.41, 5.74) is 1.21. The molecule has 0 fully saturated rings. The molecule has 1 N–H and O–H groups in total. The van der Waals surface area contributed by atoms with Crippen molar-refractivity contribution in [3.8, 4) is 5.75 Å². The number of hydrogen-bond donors (Lipinski definition) is 1. The van der Waals surface area contributed by atoms with Crippen molar-refractivity contribution in [3.63, 3.8) is 0 Å². The van der Waals surface area contributed by atoms with Gasteiger partial charge in [0.2, 0.25) is 0 Å². The van der Waals surface area contributed by atoms with Crippen LogP contribution in [0.5, 0.6) is 5.75 Å². The molecular weight excluding hydrogens is 298 g/mol. The van der Waals surface area contributed by atoms with E-state index in [1.807, 2.05) is 6.07 Å². The van der Waals surface area contributed by atoms with Gasteiger partial charge in [0, 0.05) is 5.88 Å². The number of anilines is 1. The van der Waals surface area contributed by atoms with Crippen molar-refractivity contribution in [1.29, 1.82) is 0 Å². The molecule has 0 heterocycles. The first-order valence-electron chi connectivity index (χ1n) is 5.87. The van der Waals surface area contributed by atoms with E-state index in [0.717, 1.165) is 5.56 Å². The second-order valence-corrected chi connectivity index (χ2v) is 6.02. The molecule has 0 saturated heterocycles. The fourth-order valence-corrected chi connectivity index (χ4v) is 3.03. The molecule has 106 valence electrons. The highest BCUT2D eigenvalue weighted by atomic mass is 35.5. The number of para-hydroxylation sites is 1. The summed E-state index contributed by atoms with van der Waals surface area (Å²) >= 11 is 5.80. The highest BCUT2D eigenvalue weighted by Gasteiger charge is 2.15. The number of methoxy groups -OCH3 is 1. The molecule has 20 heavy (non-hydrogen) atoms. The van der Waals surface area contributed by atoms with Gasteiger partial charge in [0.1, 0.15) is 5.75 Å². The second kappa shape index (κ2) is 6.15. The SMILES string of the molecule is COc1ccc(S(=O)(=O)Nc2ccccc2CCl)cc1. The van der Waals surface area contributed by atoms with Crippen LogP contribution in [-0.2, 0) is 15.9 Å². The van der Waals surface area contributed by atoms with Gasteiger partial charge in [-0.1, -0.05) is 18.2 Å². The number of rotatable bonds is 5. The maximum Gasteiger partial charge on any atom is 0.261 e. The maximum atomic E-state index is 12.3. The number of halogens is 1. The Morgan fingerprint density at radius 3 is 2.35 bits per heavy atom. The molecular formula is C14H14ClNO3S. The van der Waals surface area contributed by atoms with Crippen LogP contribution in [0.25, 0.3) is 0 Å². The van der Waals surface area contributed by atoms with Gasteiger partial charge >= 0.3 is 0 Å². The minimum absolute atomic E-state index is 0.169. The molecule has 0 aliphatic carbocycles. The predicted molar refractivity (Wildman–Crippen MR) is 79.8 cm³/mol. The first-order valence-corrected chi connectivity index (χ1v) is 7.89. The zero-order chi connectivity index (χ0) is 14.6. The number of sulfonamides is 1. The summed E-state index contributed by atoms with van der Waals surface area (Å²) in [4.78, 5) is 0.169. The van der Waals surface area contributed by atoms with E-state index in [9.17, 15) is 8.42 Å². The Balaban J connectivity index is 2.30. The lowest BCUT2D eigenvalue weighted by molar-refractivity contribution is 0.414. The van der Waals surface area contributed by atoms with Gasteiger partial charge in [0.25, 0.3) is 10.0 Å². The van der Waals surface area contributed by atoms with Crippen molar-refractivity contribution in [1.82, 2.24) is 0 Å². The molecule has 0 bridgehead atoms. The van der Waals surface area contributed by atoms with Gasteiger partial charge in [0.15, 0.2) is 0 Å². The molecule has 4 nitrogen and oxygen atoms in total. The lowest BCUT2D eigenvalue weighted by Gasteiger charge is -2.11. The third-order valence-corrected chi connectivity index (χ3v) is 4.44. The fraction of sp³-hybridized carbons (Fsp3) is 0.143.